The fraction of sp³-hybridized carbons (Fsp3) is 0.130. The van der Waals surface area contributed by atoms with Gasteiger partial charge in [0.15, 0.2) is 5.82 Å². The Balaban J connectivity index is 1.77. The highest BCUT2D eigenvalue weighted by atomic mass is 16.1. The first-order valence-electron chi connectivity index (χ1n) is 9.35. The van der Waals surface area contributed by atoms with E-state index in [2.05, 4.69) is 17.3 Å². The number of anilines is 1. The second kappa shape index (κ2) is 7.56. The summed E-state index contributed by atoms with van der Waals surface area (Å²) in [4.78, 5) is 13.1. The number of aryl methyl sites for hydroxylation is 2. The highest BCUT2D eigenvalue weighted by Gasteiger charge is 2.20. The molecule has 0 fully saturated rings. The van der Waals surface area contributed by atoms with Crippen molar-refractivity contribution in [3.8, 4) is 11.5 Å². The van der Waals surface area contributed by atoms with Crippen LogP contribution in [0, 0.1) is 6.92 Å². The molecule has 0 saturated carbocycles. The first kappa shape index (κ1) is 17.8. The maximum Gasteiger partial charge on any atom is 0.261 e. The summed E-state index contributed by atoms with van der Waals surface area (Å²) in [5.41, 5.74) is 4.53. The zero-order valence-electron chi connectivity index (χ0n) is 16.0. The van der Waals surface area contributed by atoms with Crippen LogP contribution in [-0.4, -0.2) is 20.3 Å². The van der Waals surface area contributed by atoms with Crippen molar-refractivity contribution in [1.82, 2.24) is 14.3 Å². The van der Waals surface area contributed by atoms with Gasteiger partial charge in [0, 0.05) is 18.1 Å². The van der Waals surface area contributed by atoms with Crippen molar-refractivity contribution >= 4 is 11.6 Å². The molecule has 4 rings (SSSR count). The predicted octanol–water partition coefficient (Wildman–Crippen LogP) is 4.79. The minimum Gasteiger partial charge on any atom is -0.322 e. The third-order valence-electron chi connectivity index (χ3n) is 4.76. The molecule has 0 radical (unpaired) electrons. The summed E-state index contributed by atoms with van der Waals surface area (Å²) in [6, 6.07) is 19.8. The molecule has 1 N–H and O–H groups in total. The monoisotopic (exact) mass is 370 g/mol. The third kappa shape index (κ3) is 3.34. The maximum absolute atomic E-state index is 13.1. The minimum atomic E-state index is -0.178. The van der Waals surface area contributed by atoms with E-state index in [9.17, 15) is 4.79 Å². The van der Waals surface area contributed by atoms with E-state index in [1.807, 2.05) is 84.5 Å². The van der Waals surface area contributed by atoms with Crippen molar-refractivity contribution in [1.29, 1.82) is 0 Å². The van der Waals surface area contributed by atoms with Crippen molar-refractivity contribution in [3.05, 3.63) is 95.9 Å². The molecule has 0 saturated heterocycles. The highest BCUT2D eigenvalue weighted by Crippen LogP contribution is 2.23. The normalized spacial score (nSPS) is 10.8. The van der Waals surface area contributed by atoms with Crippen LogP contribution in [0.3, 0.4) is 0 Å². The first-order valence-corrected chi connectivity index (χ1v) is 9.35. The first-order chi connectivity index (χ1) is 13.7. The lowest BCUT2D eigenvalue weighted by atomic mass is 10.1. The lowest BCUT2D eigenvalue weighted by molar-refractivity contribution is 0.102. The zero-order valence-corrected chi connectivity index (χ0v) is 16.0. The van der Waals surface area contributed by atoms with Gasteiger partial charge < -0.3 is 9.88 Å². The molecule has 28 heavy (non-hydrogen) atoms. The molecule has 2 heterocycles. The molecule has 0 aliphatic heterocycles. The average molecular weight is 370 g/mol. The van der Waals surface area contributed by atoms with E-state index < -0.39 is 0 Å². The van der Waals surface area contributed by atoms with Gasteiger partial charge in [0.25, 0.3) is 5.91 Å². The number of hydrogen-bond acceptors (Lipinski definition) is 2. The topological polar surface area (TPSA) is 51.9 Å². The number of para-hydroxylation sites is 1. The fourth-order valence-corrected chi connectivity index (χ4v) is 3.24. The molecular weight excluding hydrogens is 348 g/mol. The van der Waals surface area contributed by atoms with E-state index in [1.165, 1.54) is 5.56 Å². The molecule has 0 atom stereocenters. The van der Waals surface area contributed by atoms with Gasteiger partial charge in [-0.25, -0.2) is 4.68 Å². The summed E-state index contributed by atoms with van der Waals surface area (Å²) in [5, 5.41) is 7.56. The van der Waals surface area contributed by atoms with Crippen LogP contribution < -0.4 is 5.32 Å². The van der Waals surface area contributed by atoms with E-state index in [1.54, 1.807) is 10.9 Å². The van der Waals surface area contributed by atoms with E-state index in [-0.39, 0.29) is 5.91 Å². The summed E-state index contributed by atoms with van der Waals surface area (Å²) in [5.74, 6) is 0.531. The van der Waals surface area contributed by atoms with Crippen LogP contribution >= 0.6 is 0 Å². The molecule has 0 bridgehead atoms. The number of hydrogen-bond donors (Lipinski definition) is 1. The van der Waals surface area contributed by atoms with Crippen LogP contribution in [0.1, 0.15) is 28.4 Å². The Kier molecular flexibility index (Phi) is 4.81. The van der Waals surface area contributed by atoms with Gasteiger partial charge in [-0.2, -0.15) is 5.10 Å². The summed E-state index contributed by atoms with van der Waals surface area (Å²) in [6.07, 6.45) is 6.31. The van der Waals surface area contributed by atoms with Gasteiger partial charge in [-0.05, 0) is 49.2 Å². The quantitative estimate of drug-likeness (QED) is 0.549. The summed E-state index contributed by atoms with van der Waals surface area (Å²) >= 11 is 0. The van der Waals surface area contributed by atoms with Crippen molar-refractivity contribution in [2.75, 3.05) is 5.32 Å². The molecule has 5 nitrogen and oxygen atoms in total. The number of carbonyl (C=O) groups excluding carboxylic acids is 1. The molecule has 0 spiro atoms. The van der Waals surface area contributed by atoms with Gasteiger partial charge in [-0.3, -0.25) is 4.79 Å². The maximum atomic E-state index is 13.1. The second-order valence-corrected chi connectivity index (χ2v) is 6.68. The van der Waals surface area contributed by atoms with Gasteiger partial charge in [0.05, 0.1) is 11.9 Å². The number of nitrogens with zero attached hydrogens (tertiary/aromatic N) is 3. The van der Waals surface area contributed by atoms with Gasteiger partial charge in [0.2, 0.25) is 0 Å². The Labute approximate surface area is 164 Å². The molecule has 140 valence electrons. The van der Waals surface area contributed by atoms with E-state index in [0.29, 0.717) is 11.4 Å². The standard InChI is InChI=1S/C23H22N4O/c1-3-18-8-4-5-9-21(18)25-22(28)20-16-24-27(19-12-10-17(2)11-13-19)23(20)26-14-6-7-15-26/h4-16H,3H2,1-2H3,(H,25,28). The van der Waals surface area contributed by atoms with Crippen molar-refractivity contribution in [2.24, 2.45) is 0 Å². The molecule has 0 aliphatic rings. The summed E-state index contributed by atoms with van der Waals surface area (Å²) in [7, 11) is 0. The van der Waals surface area contributed by atoms with Gasteiger partial charge >= 0.3 is 0 Å². The van der Waals surface area contributed by atoms with Crippen LogP contribution in [0.5, 0.6) is 0 Å². The molecule has 1 amide bonds. The summed E-state index contributed by atoms with van der Waals surface area (Å²) in [6.45, 7) is 4.12. The van der Waals surface area contributed by atoms with Crippen LogP contribution in [0.25, 0.3) is 11.5 Å². The van der Waals surface area contributed by atoms with Crippen LogP contribution in [0.15, 0.2) is 79.3 Å². The molecular formula is C23H22N4O. The van der Waals surface area contributed by atoms with E-state index in [0.717, 1.165) is 23.4 Å². The van der Waals surface area contributed by atoms with E-state index in [4.69, 9.17) is 0 Å². The van der Waals surface area contributed by atoms with Gasteiger partial charge in [-0.15, -0.1) is 0 Å². The molecule has 0 aliphatic carbocycles. The van der Waals surface area contributed by atoms with Gasteiger partial charge in [0.1, 0.15) is 5.56 Å². The molecule has 5 heteroatoms. The Morgan fingerprint density at radius 1 is 1.00 bits per heavy atom. The third-order valence-corrected chi connectivity index (χ3v) is 4.76. The number of nitrogens with one attached hydrogen (secondary N) is 1. The number of benzene rings is 2. The number of carbonyl (C=O) groups is 1. The second-order valence-electron chi connectivity index (χ2n) is 6.68. The number of amides is 1. The Morgan fingerprint density at radius 3 is 2.43 bits per heavy atom. The molecule has 2 aromatic carbocycles. The van der Waals surface area contributed by atoms with E-state index >= 15 is 0 Å². The minimum absolute atomic E-state index is 0.178. The van der Waals surface area contributed by atoms with Gasteiger partial charge in [-0.1, -0.05) is 42.8 Å². The van der Waals surface area contributed by atoms with Crippen LogP contribution in [-0.2, 0) is 6.42 Å². The number of rotatable bonds is 5. The lowest BCUT2D eigenvalue weighted by Crippen LogP contribution is -2.16. The smallest absolute Gasteiger partial charge is 0.261 e. The Hall–Kier alpha value is -3.60. The SMILES string of the molecule is CCc1ccccc1NC(=O)c1cnn(-c2ccc(C)cc2)c1-n1cccc1. The molecule has 0 unspecified atom stereocenters. The Morgan fingerprint density at radius 2 is 1.71 bits per heavy atom. The van der Waals surface area contributed by atoms with Crippen LogP contribution in [0.4, 0.5) is 5.69 Å². The summed E-state index contributed by atoms with van der Waals surface area (Å²) < 4.78 is 3.70. The molecule has 4 aromatic rings. The largest absolute Gasteiger partial charge is 0.322 e. The average Bonchev–Trinajstić information content (AvgIpc) is 3.38. The number of aromatic nitrogens is 3. The Bertz CT molecular complexity index is 1090. The van der Waals surface area contributed by atoms with Crippen molar-refractivity contribution in [2.45, 2.75) is 20.3 Å². The zero-order chi connectivity index (χ0) is 19.5. The van der Waals surface area contributed by atoms with Crippen LogP contribution in [0.2, 0.25) is 0 Å². The highest BCUT2D eigenvalue weighted by molar-refractivity contribution is 6.06. The predicted molar refractivity (Wildman–Crippen MR) is 111 cm³/mol. The lowest BCUT2D eigenvalue weighted by Gasteiger charge is -2.13. The van der Waals surface area contributed by atoms with Crippen molar-refractivity contribution in [3.63, 3.8) is 0 Å². The van der Waals surface area contributed by atoms with Crippen molar-refractivity contribution < 1.29 is 4.79 Å². The fourth-order valence-electron chi connectivity index (χ4n) is 3.24. The molecule has 2 aromatic heterocycles.